The molecule has 11 heavy (non-hydrogen) atoms. The van der Waals surface area contributed by atoms with E-state index in [-0.39, 0.29) is 1.43 Å². The van der Waals surface area contributed by atoms with Crippen LogP contribution in [0.1, 0.15) is 30.7 Å². The maximum Gasteiger partial charge on any atom is 0.223 e. The largest absolute Gasteiger partial charge is 0.223 e. The van der Waals surface area contributed by atoms with E-state index in [9.17, 15) is 0 Å². The summed E-state index contributed by atoms with van der Waals surface area (Å²) in [6.45, 7) is 4.40. The van der Waals surface area contributed by atoms with Crippen LogP contribution < -0.4 is 0 Å². The Labute approximate surface area is 78.5 Å². The Morgan fingerprint density at radius 2 is 1.91 bits per heavy atom. The second-order valence-electron chi connectivity index (χ2n) is 3.22. The van der Waals surface area contributed by atoms with Crippen molar-refractivity contribution in [2.75, 3.05) is 0 Å². The van der Waals surface area contributed by atoms with Gasteiger partial charge in [0.15, 0.2) is 0 Å². The first-order valence-electron chi connectivity index (χ1n) is 4.30. The zero-order valence-electron chi connectivity index (χ0n) is 7.59. The Morgan fingerprint density at radius 3 is 2.36 bits per heavy atom. The molecule has 1 aromatic rings. The fourth-order valence-electron chi connectivity index (χ4n) is 1.13. The zero-order chi connectivity index (χ0) is 8.27. The summed E-state index contributed by atoms with van der Waals surface area (Å²) < 4.78 is 0.843. The van der Waals surface area contributed by atoms with Crippen molar-refractivity contribution < 1.29 is 1.43 Å². The number of hydrogen-bond donors (Lipinski definition) is 0. The van der Waals surface area contributed by atoms with E-state index >= 15 is 0 Å². The van der Waals surface area contributed by atoms with Gasteiger partial charge < -0.3 is 0 Å². The molecule has 0 fully saturated rings. The van der Waals surface area contributed by atoms with Gasteiger partial charge in [0.2, 0.25) is 16.3 Å². The lowest BCUT2D eigenvalue weighted by Crippen LogP contribution is -1.95. The van der Waals surface area contributed by atoms with Gasteiger partial charge >= 0.3 is 0 Å². The average molecular weight is 164 g/mol. The molecule has 0 N–H and O–H groups in total. The minimum atomic E-state index is 0. The summed E-state index contributed by atoms with van der Waals surface area (Å²) in [5, 5.41) is 0. The van der Waals surface area contributed by atoms with E-state index in [0.29, 0.717) is 0 Å². The van der Waals surface area contributed by atoms with Crippen LogP contribution in [0.3, 0.4) is 0 Å². The van der Waals surface area contributed by atoms with E-state index in [1.807, 2.05) is 0 Å². The summed E-state index contributed by atoms with van der Waals surface area (Å²) in [5.74, 6) is 0. The third-order valence-electron chi connectivity index (χ3n) is 2.26. The predicted molar refractivity (Wildman–Crippen MR) is 54.9 cm³/mol. The van der Waals surface area contributed by atoms with Crippen LogP contribution in [0.25, 0.3) is 0 Å². The Morgan fingerprint density at radius 1 is 1.36 bits per heavy atom. The molecule has 1 rings (SSSR count). The van der Waals surface area contributed by atoms with Crippen molar-refractivity contribution in [2.45, 2.75) is 25.0 Å². The molecule has 0 saturated heterocycles. The first kappa shape index (κ1) is 8.85. The third-order valence-corrected chi connectivity index (χ3v) is 3.74. The second-order valence-corrected chi connectivity index (χ2v) is 4.61. The second kappa shape index (κ2) is 3.95. The monoisotopic (exact) mass is 164 g/mol. The molecular weight excluding hydrogens is 147 g/mol. The molecule has 0 aromatic heterocycles. The average Bonchev–Trinajstić information content (AvgIpc) is 2.05. The van der Waals surface area contributed by atoms with Crippen molar-refractivity contribution in [3.05, 3.63) is 35.4 Å². The van der Waals surface area contributed by atoms with Gasteiger partial charge in [-0.1, -0.05) is 53.5 Å². The molecule has 0 heterocycles. The highest BCUT2D eigenvalue weighted by Crippen LogP contribution is 2.15. The maximum absolute atomic E-state index is 2.26. The van der Waals surface area contributed by atoms with Crippen LogP contribution in [0.2, 0.25) is 0 Å². The van der Waals surface area contributed by atoms with Gasteiger partial charge in [0.1, 0.15) is 0 Å². The highest BCUT2D eigenvalue weighted by atomic mass is 27.0. The topological polar surface area (TPSA) is 0 Å². The van der Waals surface area contributed by atoms with Crippen LogP contribution in [-0.2, 0) is 0 Å². The van der Waals surface area contributed by atoms with Crippen LogP contribution in [0, 0.1) is 6.92 Å². The summed E-state index contributed by atoms with van der Waals surface area (Å²) in [6, 6.07) is 8.93. The number of hydrogen-bond acceptors (Lipinski definition) is 0. The molecule has 0 aliphatic rings. The summed E-state index contributed by atoms with van der Waals surface area (Å²) in [5.41, 5.74) is 2.88. The SMILES string of the molecule is CC[CH]([AlH2])c1ccc(C)cc1.[HH]. The third kappa shape index (κ3) is 2.36. The maximum atomic E-state index is 2.26. The van der Waals surface area contributed by atoms with Gasteiger partial charge in [-0.25, -0.2) is 0 Å². The zero-order valence-corrected chi connectivity index (χ0v) is 9.59. The van der Waals surface area contributed by atoms with Gasteiger partial charge in [-0.3, -0.25) is 0 Å². The van der Waals surface area contributed by atoms with Crippen molar-refractivity contribution in [1.82, 2.24) is 0 Å². The number of aryl methyl sites for hydroxylation is 1. The summed E-state index contributed by atoms with van der Waals surface area (Å²) >= 11 is 1.28. The molecule has 1 atom stereocenters. The fraction of sp³-hybridized carbons (Fsp3) is 0.400. The van der Waals surface area contributed by atoms with Crippen LogP contribution >= 0.6 is 0 Å². The smallest absolute Gasteiger partial charge is 0.0672 e. The van der Waals surface area contributed by atoms with E-state index in [2.05, 4.69) is 38.1 Å². The van der Waals surface area contributed by atoms with E-state index in [1.54, 1.807) is 0 Å². The Bertz CT molecular complexity index is 218. The summed E-state index contributed by atoms with van der Waals surface area (Å²) in [7, 11) is 0. The lowest BCUT2D eigenvalue weighted by atomic mass is 10.1. The fourth-order valence-corrected chi connectivity index (χ4v) is 1.52. The number of benzene rings is 1. The molecule has 1 heteroatoms. The molecule has 0 nitrogen and oxygen atoms in total. The molecule has 0 aliphatic carbocycles. The van der Waals surface area contributed by atoms with Gasteiger partial charge in [0, 0.05) is 1.43 Å². The lowest BCUT2D eigenvalue weighted by molar-refractivity contribution is 0.882. The molecule has 0 amide bonds. The van der Waals surface area contributed by atoms with Crippen molar-refractivity contribution in [2.24, 2.45) is 0 Å². The van der Waals surface area contributed by atoms with Gasteiger partial charge in [-0.05, 0) is 6.92 Å². The lowest BCUT2D eigenvalue weighted by Gasteiger charge is -2.08. The molecule has 0 aliphatic heterocycles. The first-order valence-corrected chi connectivity index (χ1v) is 5.46. The molecule has 0 saturated carbocycles. The van der Waals surface area contributed by atoms with Gasteiger partial charge in [-0.2, -0.15) is 0 Å². The molecule has 1 aromatic carbocycles. The predicted octanol–water partition coefficient (Wildman–Crippen LogP) is 2.33. The summed E-state index contributed by atoms with van der Waals surface area (Å²) in [4.78, 5) is 0. The molecule has 0 bridgehead atoms. The van der Waals surface area contributed by atoms with Crippen molar-refractivity contribution in [3.63, 3.8) is 0 Å². The first-order chi connectivity index (χ1) is 5.24. The quantitative estimate of drug-likeness (QED) is 0.588. The molecular formula is C10H17Al. The van der Waals surface area contributed by atoms with Crippen molar-refractivity contribution >= 4 is 16.3 Å². The summed E-state index contributed by atoms with van der Waals surface area (Å²) in [6.07, 6.45) is 1.29. The van der Waals surface area contributed by atoms with Gasteiger partial charge in [0.05, 0.1) is 0 Å². The molecule has 0 radical (unpaired) electrons. The molecule has 1 unspecified atom stereocenters. The Kier molecular flexibility index (Phi) is 3.18. The van der Waals surface area contributed by atoms with E-state index < -0.39 is 0 Å². The highest BCUT2D eigenvalue weighted by Gasteiger charge is 2.00. The Hall–Kier alpha value is -0.248. The van der Waals surface area contributed by atoms with Crippen molar-refractivity contribution in [3.8, 4) is 0 Å². The molecule has 0 spiro atoms. The van der Waals surface area contributed by atoms with Gasteiger partial charge in [-0.15, -0.1) is 0 Å². The number of rotatable bonds is 2. The van der Waals surface area contributed by atoms with Crippen LogP contribution in [0.15, 0.2) is 24.3 Å². The minimum absolute atomic E-state index is 0. The normalized spacial score (nSPS) is 12.9. The van der Waals surface area contributed by atoms with Gasteiger partial charge in [0.25, 0.3) is 0 Å². The van der Waals surface area contributed by atoms with E-state index in [4.69, 9.17) is 0 Å². The van der Waals surface area contributed by atoms with E-state index in [0.717, 1.165) is 4.78 Å². The van der Waals surface area contributed by atoms with Crippen LogP contribution in [-0.4, -0.2) is 16.3 Å². The Balaban J connectivity index is 0.00000121. The minimum Gasteiger partial charge on any atom is -0.0672 e. The highest BCUT2D eigenvalue weighted by molar-refractivity contribution is 6.12. The van der Waals surface area contributed by atoms with E-state index in [1.165, 1.54) is 33.8 Å². The standard InChI is InChI=1S/C10H13.Al.H2.2H/c1-3-4-10-7-5-9(2)6-8-10;;;;/h4-8H,3H2,1-2H3;;1H;;. The van der Waals surface area contributed by atoms with Crippen molar-refractivity contribution in [1.29, 1.82) is 0 Å². The van der Waals surface area contributed by atoms with Crippen LogP contribution in [0.4, 0.5) is 0 Å². The molecule has 60 valence electrons. The van der Waals surface area contributed by atoms with Crippen LogP contribution in [0.5, 0.6) is 0 Å².